The minimum atomic E-state index is -0.122. The van der Waals surface area contributed by atoms with Gasteiger partial charge in [-0.2, -0.15) is 0 Å². The van der Waals surface area contributed by atoms with Crippen LogP contribution in [0.1, 0.15) is 54.5 Å². The fraction of sp³-hybridized carbons (Fsp3) is 0.583. The van der Waals surface area contributed by atoms with E-state index in [2.05, 4.69) is 25.7 Å². The van der Waals surface area contributed by atoms with E-state index in [1.165, 1.54) is 29.6 Å². The summed E-state index contributed by atoms with van der Waals surface area (Å²) in [5.74, 6) is 0.643. The Kier molecular flexibility index (Phi) is 4.11. The van der Waals surface area contributed by atoms with Gasteiger partial charge < -0.3 is 11.1 Å². The molecule has 0 radical (unpaired) electrons. The van der Waals surface area contributed by atoms with Gasteiger partial charge in [0.25, 0.3) is 0 Å². The van der Waals surface area contributed by atoms with Gasteiger partial charge in [0.05, 0.1) is 0 Å². The predicted molar refractivity (Wildman–Crippen MR) is 82.5 cm³/mol. The Morgan fingerprint density at radius 3 is 2.43 bits per heavy atom. The number of nitrogen functional groups attached to an aromatic ring is 1. The zero-order valence-corrected chi connectivity index (χ0v) is 13.2. The quantitative estimate of drug-likeness (QED) is 0.897. The molecular formula is C12H16N6OS2. The van der Waals surface area contributed by atoms with Crippen LogP contribution in [0.5, 0.6) is 0 Å². The van der Waals surface area contributed by atoms with Gasteiger partial charge in [-0.3, -0.25) is 4.79 Å². The number of amides is 1. The Labute approximate surface area is 130 Å². The van der Waals surface area contributed by atoms with Crippen molar-refractivity contribution in [3.63, 3.8) is 0 Å². The number of aromatic nitrogens is 4. The first-order chi connectivity index (χ1) is 10.1. The number of rotatable bonds is 3. The van der Waals surface area contributed by atoms with Gasteiger partial charge in [0, 0.05) is 18.8 Å². The number of hydrogen-bond donors (Lipinski definition) is 2. The summed E-state index contributed by atoms with van der Waals surface area (Å²) >= 11 is 2.93. The van der Waals surface area contributed by atoms with E-state index >= 15 is 0 Å². The number of nitrogens with zero attached hydrogens (tertiary/aromatic N) is 4. The second-order valence-electron chi connectivity index (χ2n) is 5.17. The zero-order chi connectivity index (χ0) is 14.8. The van der Waals surface area contributed by atoms with Gasteiger partial charge in [0.1, 0.15) is 10.0 Å². The normalized spacial score (nSPS) is 22.1. The van der Waals surface area contributed by atoms with Crippen LogP contribution in [0.4, 0.5) is 10.3 Å². The molecule has 0 unspecified atom stereocenters. The van der Waals surface area contributed by atoms with Gasteiger partial charge in [-0.25, -0.2) is 0 Å². The van der Waals surface area contributed by atoms with E-state index in [1.807, 2.05) is 0 Å². The first kappa shape index (κ1) is 14.3. The van der Waals surface area contributed by atoms with E-state index in [0.717, 1.165) is 35.7 Å². The highest BCUT2D eigenvalue weighted by molar-refractivity contribution is 7.15. The lowest BCUT2D eigenvalue weighted by molar-refractivity contribution is -0.114. The van der Waals surface area contributed by atoms with E-state index < -0.39 is 0 Å². The lowest BCUT2D eigenvalue weighted by Gasteiger charge is -2.25. The molecule has 1 amide bonds. The van der Waals surface area contributed by atoms with Crippen molar-refractivity contribution in [2.75, 3.05) is 11.1 Å². The first-order valence-corrected chi connectivity index (χ1v) is 8.45. The second-order valence-corrected chi connectivity index (χ2v) is 7.22. The SMILES string of the molecule is CC(=O)Nc1nnc([C@H]2CCC[C@H](c3nnc(N)s3)C2)s1. The Morgan fingerprint density at radius 1 is 1.14 bits per heavy atom. The van der Waals surface area contributed by atoms with Crippen molar-refractivity contribution in [3.05, 3.63) is 10.0 Å². The molecule has 112 valence electrons. The molecule has 2 aromatic rings. The molecule has 1 fully saturated rings. The molecule has 3 N–H and O–H groups in total. The summed E-state index contributed by atoms with van der Waals surface area (Å²) < 4.78 is 0. The molecule has 21 heavy (non-hydrogen) atoms. The average Bonchev–Trinajstić information content (AvgIpc) is 3.07. The summed E-state index contributed by atoms with van der Waals surface area (Å²) in [5.41, 5.74) is 5.67. The highest BCUT2D eigenvalue weighted by Crippen LogP contribution is 2.43. The highest BCUT2D eigenvalue weighted by atomic mass is 32.1. The van der Waals surface area contributed by atoms with Crippen LogP contribution >= 0.6 is 22.7 Å². The van der Waals surface area contributed by atoms with E-state index in [1.54, 1.807) is 0 Å². The third kappa shape index (κ3) is 3.35. The lowest BCUT2D eigenvalue weighted by Crippen LogP contribution is -2.12. The molecule has 0 spiro atoms. The topological polar surface area (TPSA) is 107 Å². The van der Waals surface area contributed by atoms with E-state index in [9.17, 15) is 4.79 Å². The number of carbonyl (C=O) groups excluding carboxylic acids is 1. The standard InChI is InChI=1S/C12H16N6OS2/c1-6(19)14-12-18-16-10(21-12)8-4-2-3-7(5-8)9-15-17-11(13)20-9/h7-8H,2-5H2,1H3,(H2,13,17)(H,14,18,19)/t7-,8-/m0/s1. The predicted octanol–water partition coefficient (Wildman–Crippen LogP) is 2.37. The Hall–Kier alpha value is -1.61. The molecule has 2 heterocycles. The van der Waals surface area contributed by atoms with Gasteiger partial charge in [0.2, 0.25) is 16.2 Å². The Morgan fingerprint density at radius 2 is 1.81 bits per heavy atom. The number of anilines is 2. The molecule has 2 atom stereocenters. The fourth-order valence-electron chi connectivity index (χ4n) is 2.65. The van der Waals surface area contributed by atoms with Crippen molar-refractivity contribution in [2.24, 2.45) is 0 Å². The third-order valence-electron chi connectivity index (χ3n) is 3.55. The third-order valence-corrected chi connectivity index (χ3v) is 5.47. The first-order valence-electron chi connectivity index (χ1n) is 6.81. The van der Waals surface area contributed by atoms with Crippen molar-refractivity contribution >= 4 is 38.8 Å². The van der Waals surface area contributed by atoms with E-state index in [0.29, 0.717) is 22.1 Å². The van der Waals surface area contributed by atoms with Crippen LogP contribution in [0, 0.1) is 0 Å². The van der Waals surface area contributed by atoms with Crippen LogP contribution in [-0.4, -0.2) is 26.3 Å². The molecule has 7 nitrogen and oxygen atoms in total. The molecule has 1 aliphatic carbocycles. The van der Waals surface area contributed by atoms with Crippen molar-refractivity contribution < 1.29 is 4.79 Å². The van der Waals surface area contributed by atoms with Crippen molar-refractivity contribution in [2.45, 2.75) is 44.4 Å². The van der Waals surface area contributed by atoms with Gasteiger partial charge in [0.15, 0.2) is 0 Å². The molecule has 9 heteroatoms. The second kappa shape index (κ2) is 6.02. The van der Waals surface area contributed by atoms with Gasteiger partial charge in [-0.1, -0.05) is 29.1 Å². The average molecular weight is 324 g/mol. The fourth-order valence-corrected chi connectivity index (χ4v) is 4.35. The zero-order valence-electron chi connectivity index (χ0n) is 11.6. The van der Waals surface area contributed by atoms with Crippen LogP contribution in [0.2, 0.25) is 0 Å². The van der Waals surface area contributed by atoms with E-state index in [4.69, 9.17) is 5.73 Å². The van der Waals surface area contributed by atoms with Crippen molar-refractivity contribution in [3.8, 4) is 0 Å². The summed E-state index contributed by atoms with van der Waals surface area (Å²) in [5, 5.41) is 22.1. The molecule has 1 saturated carbocycles. The Balaban J connectivity index is 1.71. The summed E-state index contributed by atoms with van der Waals surface area (Å²) in [6.45, 7) is 1.47. The maximum Gasteiger partial charge on any atom is 0.223 e. The minimum absolute atomic E-state index is 0.122. The molecule has 0 aliphatic heterocycles. The lowest BCUT2D eigenvalue weighted by atomic mass is 9.82. The smallest absolute Gasteiger partial charge is 0.223 e. The summed E-state index contributed by atoms with van der Waals surface area (Å²) in [4.78, 5) is 11.0. The maximum absolute atomic E-state index is 11.0. The van der Waals surface area contributed by atoms with Crippen molar-refractivity contribution in [1.29, 1.82) is 0 Å². The highest BCUT2D eigenvalue weighted by Gasteiger charge is 2.29. The Bertz CT molecular complexity index is 639. The van der Waals surface area contributed by atoms with Gasteiger partial charge in [-0.05, 0) is 19.3 Å². The maximum atomic E-state index is 11.0. The molecule has 3 rings (SSSR count). The number of hydrogen-bond acceptors (Lipinski definition) is 8. The summed E-state index contributed by atoms with van der Waals surface area (Å²) in [6.07, 6.45) is 4.33. The van der Waals surface area contributed by atoms with Crippen LogP contribution < -0.4 is 11.1 Å². The molecule has 1 aliphatic rings. The van der Waals surface area contributed by atoms with Crippen molar-refractivity contribution in [1.82, 2.24) is 20.4 Å². The minimum Gasteiger partial charge on any atom is -0.374 e. The van der Waals surface area contributed by atoms with Gasteiger partial charge >= 0.3 is 0 Å². The number of carbonyl (C=O) groups is 1. The van der Waals surface area contributed by atoms with E-state index in [-0.39, 0.29) is 5.91 Å². The van der Waals surface area contributed by atoms with Crippen LogP contribution in [0.25, 0.3) is 0 Å². The van der Waals surface area contributed by atoms with Crippen LogP contribution in [0.15, 0.2) is 0 Å². The number of nitrogens with one attached hydrogen (secondary N) is 1. The monoisotopic (exact) mass is 324 g/mol. The largest absolute Gasteiger partial charge is 0.374 e. The summed E-state index contributed by atoms with van der Waals surface area (Å²) in [6, 6.07) is 0. The van der Waals surface area contributed by atoms with Crippen LogP contribution in [0.3, 0.4) is 0 Å². The van der Waals surface area contributed by atoms with Gasteiger partial charge in [-0.15, -0.1) is 20.4 Å². The molecule has 2 aromatic heterocycles. The molecule has 0 bridgehead atoms. The summed E-state index contributed by atoms with van der Waals surface area (Å²) in [7, 11) is 0. The van der Waals surface area contributed by atoms with Crippen LogP contribution in [-0.2, 0) is 4.79 Å². The molecule has 0 saturated heterocycles. The molecular weight excluding hydrogens is 308 g/mol. The molecule has 0 aromatic carbocycles. The number of nitrogens with two attached hydrogens (primary N) is 1.